The first kappa shape index (κ1) is 15.8. The Morgan fingerprint density at radius 3 is 2.84 bits per heavy atom. The number of likely N-dealkylation sites (tertiary alicyclic amines) is 1. The molecule has 1 amide bonds. The van der Waals surface area contributed by atoms with Gasteiger partial charge in [0.1, 0.15) is 0 Å². The Labute approximate surface area is 149 Å². The third-order valence-corrected chi connectivity index (χ3v) is 8.43. The molecule has 0 aromatic heterocycles. The standard InChI is InChI=1S/C21H27NO3/c1-20-8-7-13(23)9-12(20)3-4-14-15-5-6-16-19(25)22(2)11-21(15,16)10-17(24)18(14)20/h7-9,14-18,24H,3-6,10-11H2,1-2H3/t14-,15-,16+,17+,18+,20-,21+/m0/s1. The molecule has 3 saturated carbocycles. The second-order valence-electron chi connectivity index (χ2n) is 9.35. The van der Waals surface area contributed by atoms with E-state index in [1.165, 1.54) is 5.57 Å². The van der Waals surface area contributed by atoms with E-state index in [1.807, 2.05) is 11.9 Å². The molecule has 0 radical (unpaired) electrons. The lowest BCUT2D eigenvalue weighted by molar-refractivity contribution is -0.132. The second kappa shape index (κ2) is 4.85. The topological polar surface area (TPSA) is 57.6 Å². The molecule has 4 heteroatoms. The fraction of sp³-hybridized carbons (Fsp3) is 0.714. The summed E-state index contributed by atoms with van der Waals surface area (Å²) in [7, 11) is 1.92. The molecular weight excluding hydrogens is 314 g/mol. The van der Waals surface area contributed by atoms with Crippen LogP contribution < -0.4 is 0 Å². The van der Waals surface area contributed by atoms with Crippen molar-refractivity contribution in [1.82, 2.24) is 4.90 Å². The Kier molecular flexibility index (Phi) is 3.06. The molecule has 0 bridgehead atoms. The smallest absolute Gasteiger partial charge is 0.226 e. The summed E-state index contributed by atoms with van der Waals surface area (Å²) in [6, 6.07) is 0. The molecule has 134 valence electrons. The van der Waals surface area contributed by atoms with Crippen LogP contribution in [0.3, 0.4) is 0 Å². The normalized spacial score (nSPS) is 50.9. The molecule has 0 aromatic carbocycles. The number of amides is 1. The van der Waals surface area contributed by atoms with Gasteiger partial charge < -0.3 is 10.0 Å². The predicted molar refractivity (Wildman–Crippen MR) is 93.5 cm³/mol. The van der Waals surface area contributed by atoms with E-state index in [4.69, 9.17) is 0 Å². The molecule has 0 unspecified atom stereocenters. The minimum atomic E-state index is -0.396. The number of carbonyl (C=O) groups is 2. The predicted octanol–water partition coefficient (Wildman–Crippen LogP) is 2.33. The molecule has 0 aromatic rings. The fourth-order valence-electron chi connectivity index (χ4n) is 7.56. The second-order valence-corrected chi connectivity index (χ2v) is 9.35. The number of nitrogens with zero attached hydrogens (tertiary/aromatic N) is 1. The molecule has 1 spiro atoms. The van der Waals surface area contributed by atoms with Gasteiger partial charge in [0, 0.05) is 36.3 Å². The van der Waals surface area contributed by atoms with Crippen molar-refractivity contribution in [3.05, 3.63) is 23.8 Å². The molecule has 5 aliphatic rings. The van der Waals surface area contributed by atoms with Crippen LogP contribution in [-0.2, 0) is 9.59 Å². The summed E-state index contributed by atoms with van der Waals surface area (Å²) in [4.78, 5) is 26.4. The zero-order valence-electron chi connectivity index (χ0n) is 15.1. The van der Waals surface area contributed by atoms with Crippen molar-refractivity contribution in [3.8, 4) is 0 Å². The first-order valence-electron chi connectivity index (χ1n) is 9.74. The van der Waals surface area contributed by atoms with Gasteiger partial charge >= 0.3 is 0 Å². The largest absolute Gasteiger partial charge is 0.393 e. The van der Waals surface area contributed by atoms with E-state index in [0.29, 0.717) is 17.7 Å². The molecule has 4 aliphatic carbocycles. The van der Waals surface area contributed by atoms with Gasteiger partial charge in [-0.25, -0.2) is 0 Å². The molecule has 25 heavy (non-hydrogen) atoms. The van der Waals surface area contributed by atoms with Crippen molar-refractivity contribution >= 4 is 11.7 Å². The molecule has 7 atom stereocenters. The van der Waals surface area contributed by atoms with Crippen LogP contribution in [0.2, 0.25) is 0 Å². The van der Waals surface area contributed by atoms with Crippen molar-refractivity contribution in [2.24, 2.45) is 34.5 Å². The number of rotatable bonds is 0. The number of aliphatic hydroxyl groups excluding tert-OH is 1. The summed E-state index contributed by atoms with van der Waals surface area (Å²) < 4.78 is 0. The van der Waals surface area contributed by atoms with Crippen LogP contribution in [0.4, 0.5) is 0 Å². The highest BCUT2D eigenvalue weighted by molar-refractivity contribution is 6.01. The average Bonchev–Trinajstić information content (AvgIpc) is 3.02. The van der Waals surface area contributed by atoms with E-state index < -0.39 is 6.10 Å². The van der Waals surface area contributed by atoms with E-state index in [0.717, 1.165) is 38.6 Å². The minimum absolute atomic E-state index is 0.0157. The lowest BCUT2D eigenvalue weighted by atomic mass is 9.47. The van der Waals surface area contributed by atoms with Crippen molar-refractivity contribution in [1.29, 1.82) is 0 Å². The molecule has 4 fully saturated rings. The Hall–Kier alpha value is -1.42. The first-order chi connectivity index (χ1) is 11.9. The van der Waals surface area contributed by atoms with Crippen molar-refractivity contribution in [2.45, 2.75) is 45.1 Å². The summed E-state index contributed by atoms with van der Waals surface area (Å²) in [5.74, 6) is 1.64. The van der Waals surface area contributed by atoms with Gasteiger partial charge in [-0.3, -0.25) is 9.59 Å². The Morgan fingerprint density at radius 2 is 2.04 bits per heavy atom. The van der Waals surface area contributed by atoms with E-state index in [9.17, 15) is 14.7 Å². The Morgan fingerprint density at radius 1 is 1.24 bits per heavy atom. The van der Waals surface area contributed by atoms with Gasteiger partial charge in [-0.15, -0.1) is 0 Å². The number of aliphatic hydroxyl groups is 1. The van der Waals surface area contributed by atoms with E-state index >= 15 is 0 Å². The van der Waals surface area contributed by atoms with Gasteiger partial charge in [0.05, 0.1) is 6.10 Å². The van der Waals surface area contributed by atoms with Crippen molar-refractivity contribution in [2.75, 3.05) is 13.6 Å². The van der Waals surface area contributed by atoms with Gasteiger partial charge in [-0.2, -0.15) is 0 Å². The number of allylic oxidation sites excluding steroid dienone is 4. The van der Waals surface area contributed by atoms with Gasteiger partial charge in [0.15, 0.2) is 5.78 Å². The minimum Gasteiger partial charge on any atom is -0.393 e. The lowest BCUT2D eigenvalue weighted by Crippen LogP contribution is -2.57. The molecule has 1 N–H and O–H groups in total. The van der Waals surface area contributed by atoms with Crippen LogP contribution in [0.5, 0.6) is 0 Å². The third-order valence-electron chi connectivity index (χ3n) is 8.43. The maximum Gasteiger partial charge on any atom is 0.226 e. The molecular formula is C21H27NO3. The molecule has 1 aliphatic heterocycles. The summed E-state index contributed by atoms with van der Waals surface area (Å²) >= 11 is 0. The van der Waals surface area contributed by atoms with Crippen LogP contribution in [0.1, 0.15) is 39.0 Å². The van der Waals surface area contributed by atoms with Crippen molar-refractivity contribution < 1.29 is 14.7 Å². The van der Waals surface area contributed by atoms with E-state index in [1.54, 1.807) is 12.2 Å². The number of hydrogen-bond donors (Lipinski definition) is 1. The van der Waals surface area contributed by atoms with Crippen LogP contribution in [-0.4, -0.2) is 41.4 Å². The number of ketones is 1. The van der Waals surface area contributed by atoms with Crippen LogP contribution in [0, 0.1) is 34.5 Å². The number of hydrogen-bond acceptors (Lipinski definition) is 3. The van der Waals surface area contributed by atoms with Gasteiger partial charge in [-0.05, 0) is 56.1 Å². The highest BCUT2D eigenvalue weighted by atomic mass is 16.3. The van der Waals surface area contributed by atoms with Gasteiger partial charge in [-0.1, -0.05) is 18.6 Å². The highest BCUT2D eigenvalue weighted by Crippen LogP contribution is 2.67. The first-order valence-corrected chi connectivity index (χ1v) is 9.74. The molecule has 4 nitrogen and oxygen atoms in total. The molecule has 5 rings (SSSR count). The van der Waals surface area contributed by atoms with Crippen LogP contribution in [0.25, 0.3) is 0 Å². The lowest BCUT2D eigenvalue weighted by Gasteiger charge is -2.58. The number of fused-ring (bicyclic) bond motifs is 4. The van der Waals surface area contributed by atoms with Gasteiger partial charge in [0.2, 0.25) is 5.91 Å². The van der Waals surface area contributed by atoms with E-state index in [-0.39, 0.29) is 28.4 Å². The fourth-order valence-corrected chi connectivity index (χ4v) is 7.56. The summed E-state index contributed by atoms with van der Waals surface area (Å²) in [6.07, 6.45) is 9.99. The zero-order valence-corrected chi connectivity index (χ0v) is 15.1. The summed E-state index contributed by atoms with van der Waals surface area (Å²) in [5, 5.41) is 11.3. The third kappa shape index (κ3) is 1.82. The molecule has 1 saturated heterocycles. The van der Waals surface area contributed by atoms with Crippen LogP contribution in [0.15, 0.2) is 23.8 Å². The molecule has 1 heterocycles. The highest BCUT2D eigenvalue weighted by Gasteiger charge is 2.67. The quantitative estimate of drug-likeness (QED) is 0.736. The van der Waals surface area contributed by atoms with Crippen LogP contribution >= 0.6 is 0 Å². The maximum atomic E-state index is 12.6. The number of carbonyl (C=O) groups excluding carboxylic acids is 2. The average molecular weight is 341 g/mol. The summed E-state index contributed by atoms with van der Waals surface area (Å²) in [5.41, 5.74) is 0.980. The zero-order chi connectivity index (χ0) is 17.6. The van der Waals surface area contributed by atoms with E-state index in [2.05, 4.69) is 13.0 Å². The Bertz CT molecular complexity index is 725. The monoisotopic (exact) mass is 341 g/mol. The maximum absolute atomic E-state index is 12.6. The SMILES string of the molecule is CN1C[C@]23C[C@@H](O)[C@H]4[C@@H](CCC5=CC(=O)C=C[C@@]54C)[C@@H]2CC[C@@H]3C1=O. The van der Waals surface area contributed by atoms with Gasteiger partial charge in [0.25, 0.3) is 0 Å². The summed E-state index contributed by atoms with van der Waals surface area (Å²) in [6.45, 7) is 3.02. The van der Waals surface area contributed by atoms with Crippen molar-refractivity contribution in [3.63, 3.8) is 0 Å². The Balaban J connectivity index is 1.56.